The number of carbonyl (C=O) groups is 1. The number of nitrogens with one attached hydrogen (secondary N) is 1. The largest absolute Gasteiger partial charge is 0.444 e. The number of alkyl halides is 1. The highest BCUT2D eigenvalue weighted by molar-refractivity contribution is 5.68. The van der Waals surface area contributed by atoms with E-state index in [-0.39, 0.29) is 6.54 Å². The molecule has 1 aliphatic heterocycles. The zero-order valence-electron chi connectivity index (χ0n) is 11.5. The molecule has 1 unspecified atom stereocenters. The summed E-state index contributed by atoms with van der Waals surface area (Å²) in [6.07, 6.45) is 2.28. The van der Waals surface area contributed by atoms with Gasteiger partial charge in [0.1, 0.15) is 11.3 Å². The van der Waals surface area contributed by atoms with Crippen molar-refractivity contribution in [2.24, 2.45) is 0 Å². The molecule has 4 nitrogen and oxygen atoms in total. The Kier molecular flexibility index (Phi) is 3.54. The molecule has 1 N–H and O–H groups in total. The van der Waals surface area contributed by atoms with E-state index in [0.29, 0.717) is 25.6 Å². The van der Waals surface area contributed by atoms with Gasteiger partial charge in [0.25, 0.3) is 0 Å². The number of nitrogens with zero attached hydrogens (tertiary/aromatic N) is 1. The molecule has 1 saturated carbocycles. The molecule has 0 bridgehead atoms. The monoisotopic (exact) mass is 258 g/mol. The second-order valence-corrected chi connectivity index (χ2v) is 6.46. The van der Waals surface area contributed by atoms with E-state index in [2.05, 4.69) is 5.32 Å². The summed E-state index contributed by atoms with van der Waals surface area (Å²) in [5, 5.41) is 3.19. The molecule has 2 fully saturated rings. The molecule has 2 aliphatic rings. The Morgan fingerprint density at radius 2 is 2.17 bits per heavy atom. The van der Waals surface area contributed by atoms with Gasteiger partial charge in [-0.25, -0.2) is 9.18 Å². The lowest BCUT2D eigenvalue weighted by Crippen LogP contribution is -2.42. The molecule has 1 heterocycles. The van der Waals surface area contributed by atoms with Crippen molar-refractivity contribution in [3.05, 3.63) is 0 Å². The summed E-state index contributed by atoms with van der Waals surface area (Å²) in [6, 6.07) is 0.494. The lowest BCUT2D eigenvalue weighted by atomic mass is 10.1. The van der Waals surface area contributed by atoms with Crippen LogP contribution in [-0.4, -0.2) is 47.9 Å². The van der Waals surface area contributed by atoms with E-state index in [1.807, 2.05) is 20.8 Å². The van der Waals surface area contributed by atoms with Crippen LogP contribution in [0.4, 0.5) is 9.18 Å². The highest BCUT2D eigenvalue weighted by Crippen LogP contribution is 2.28. The van der Waals surface area contributed by atoms with Crippen LogP contribution in [0.3, 0.4) is 0 Å². The molecule has 1 atom stereocenters. The van der Waals surface area contributed by atoms with Crippen LogP contribution in [0.25, 0.3) is 0 Å². The van der Waals surface area contributed by atoms with Crippen molar-refractivity contribution in [3.8, 4) is 0 Å². The normalized spacial score (nSPS) is 28.6. The van der Waals surface area contributed by atoms with Gasteiger partial charge >= 0.3 is 6.09 Å². The van der Waals surface area contributed by atoms with Crippen molar-refractivity contribution in [3.63, 3.8) is 0 Å². The van der Waals surface area contributed by atoms with Gasteiger partial charge in [-0.1, -0.05) is 0 Å². The summed E-state index contributed by atoms with van der Waals surface area (Å²) in [6.45, 7) is 6.38. The number of hydrogen-bond donors (Lipinski definition) is 1. The summed E-state index contributed by atoms with van der Waals surface area (Å²) in [4.78, 5) is 13.3. The first-order valence-corrected chi connectivity index (χ1v) is 6.68. The predicted octanol–water partition coefficient (Wildman–Crippen LogP) is 2.09. The molecule has 0 aromatic carbocycles. The molecule has 0 aromatic rings. The molecule has 0 spiro atoms. The smallest absolute Gasteiger partial charge is 0.410 e. The number of amides is 1. The summed E-state index contributed by atoms with van der Waals surface area (Å²) in [7, 11) is 0. The van der Waals surface area contributed by atoms with Crippen LogP contribution in [0, 0.1) is 0 Å². The van der Waals surface area contributed by atoms with Crippen LogP contribution >= 0.6 is 0 Å². The van der Waals surface area contributed by atoms with E-state index in [1.54, 1.807) is 0 Å². The van der Waals surface area contributed by atoms with Crippen molar-refractivity contribution in [2.75, 3.05) is 19.6 Å². The molecule has 1 saturated heterocycles. The zero-order chi connectivity index (χ0) is 13.4. The van der Waals surface area contributed by atoms with Gasteiger partial charge in [-0.15, -0.1) is 0 Å². The first-order valence-electron chi connectivity index (χ1n) is 6.68. The summed E-state index contributed by atoms with van der Waals surface area (Å²) in [5.74, 6) is 0. The van der Waals surface area contributed by atoms with E-state index >= 15 is 0 Å². The number of rotatable bonds is 3. The molecule has 5 heteroatoms. The average molecular weight is 258 g/mol. The standard InChI is InChI=1S/C13H23FN2O2/c1-12(2,3)18-11(17)16-7-6-13(14,9-16)8-15-10-4-5-10/h10,15H,4-9H2,1-3H3. The second kappa shape index (κ2) is 4.68. The lowest BCUT2D eigenvalue weighted by Gasteiger charge is -2.25. The fourth-order valence-electron chi connectivity index (χ4n) is 2.08. The Labute approximate surface area is 108 Å². The highest BCUT2D eigenvalue weighted by atomic mass is 19.1. The maximum absolute atomic E-state index is 14.4. The molecule has 0 aromatic heterocycles. The van der Waals surface area contributed by atoms with Crippen LogP contribution < -0.4 is 5.32 Å². The van der Waals surface area contributed by atoms with E-state index in [0.717, 1.165) is 12.8 Å². The second-order valence-electron chi connectivity index (χ2n) is 6.46. The van der Waals surface area contributed by atoms with Crippen LogP contribution in [0.5, 0.6) is 0 Å². The quantitative estimate of drug-likeness (QED) is 0.842. The zero-order valence-corrected chi connectivity index (χ0v) is 11.5. The van der Waals surface area contributed by atoms with Crippen molar-refractivity contribution in [1.82, 2.24) is 10.2 Å². The number of hydrogen-bond acceptors (Lipinski definition) is 3. The minimum atomic E-state index is -1.29. The Morgan fingerprint density at radius 1 is 1.50 bits per heavy atom. The third-order valence-electron chi connectivity index (χ3n) is 3.24. The summed E-state index contributed by atoms with van der Waals surface area (Å²) in [5.41, 5.74) is -1.82. The average Bonchev–Trinajstić information content (AvgIpc) is 2.97. The summed E-state index contributed by atoms with van der Waals surface area (Å²) < 4.78 is 19.7. The fraction of sp³-hybridized carbons (Fsp3) is 0.923. The maximum atomic E-state index is 14.4. The molecular formula is C13H23FN2O2. The third-order valence-corrected chi connectivity index (χ3v) is 3.24. The SMILES string of the molecule is CC(C)(C)OC(=O)N1CCC(F)(CNC2CC2)C1. The van der Waals surface area contributed by atoms with Gasteiger partial charge in [-0.05, 0) is 33.6 Å². The number of ether oxygens (including phenoxy) is 1. The van der Waals surface area contributed by atoms with Crippen molar-refractivity contribution in [1.29, 1.82) is 0 Å². The van der Waals surface area contributed by atoms with Gasteiger partial charge < -0.3 is 15.0 Å². The minimum Gasteiger partial charge on any atom is -0.444 e. The fourth-order valence-corrected chi connectivity index (χ4v) is 2.08. The Hall–Kier alpha value is -0.840. The van der Waals surface area contributed by atoms with Gasteiger partial charge in [0.05, 0.1) is 6.54 Å². The number of carbonyl (C=O) groups excluding carboxylic acids is 1. The van der Waals surface area contributed by atoms with Gasteiger partial charge in [-0.2, -0.15) is 0 Å². The molecule has 1 aliphatic carbocycles. The number of likely N-dealkylation sites (tertiary alicyclic amines) is 1. The van der Waals surface area contributed by atoms with Crippen LogP contribution in [0.2, 0.25) is 0 Å². The van der Waals surface area contributed by atoms with Crippen molar-refractivity contribution >= 4 is 6.09 Å². The van der Waals surface area contributed by atoms with Crippen LogP contribution in [-0.2, 0) is 4.74 Å². The Balaban J connectivity index is 1.80. The van der Waals surface area contributed by atoms with E-state index in [1.165, 1.54) is 4.90 Å². The lowest BCUT2D eigenvalue weighted by molar-refractivity contribution is 0.0258. The first-order chi connectivity index (χ1) is 8.27. The van der Waals surface area contributed by atoms with Gasteiger partial charge in [0.15, 0.2) is 0 Å². The highest BCUT2D eigenvalue weighted by Gasteiger charge is 2.42. The van der Waals surface area contributed by atoms with Gasteiger partial charge in [0, 0.05) is 25.6 Å². The van der Waals surface area contributed by atoms with Gasteiger partial charge in [0.2, 0.25) is 0 Å². The molecule has 104 valence electrons. The summed E-state index contributed by atoms with van der Waals surface area (Å²) >= 11 is 0. The molecule has 2 rings (SSSR count). The van der Waals surface area contributed by atoms with Crippen molar-refractivity contribution < 1.29 is 13.9 Å². The van der Waals surface area contributed by atoms with Crippen LogP contribution in [0.15, 0.2) is 0 Å². The topological polar surface area (TPSA) is 41.6 Å². The first kappa shape index (κ1) is 13.6. The predicted molar refractivity (Wildman–Crippen MR) is 67.3 cm³/mol. The Morgan fingerprint density at radius 3 is 2.72 bits per heavy atom. The van der Waals surface area contributed by atoms with Gasteiger partial charge in [-0.3, -0.25) is 0 Å². The van der Waals surface area contributed by atoms with Crippen molar-refractivity contribution in [2.45, 2.75) is 57.3 Å². The van der Waals surface area contributed by atoms with E-state index < -0.39 is 17.4 Å². The molecular weight excluding hydrogens is 235 g/mol. The van der Waals surface area contributed by atoms with E-state index in [4.69, 9.17) is 4.74 Å². The Bertz CT molecular complexity index is 325. The third kappa shape index (κ3) is 3.83. The van der Waals surface area contributed by atoms with Crippen LogP contribution in [0.1, 0.15) is 40.0 Å². The van der Waals surface area contributed by atoms with E-state index in [9.17, 15) is 9.18 Å². The molecule has 0 radical (unpaired) electrons. The maximum Gasteiger partial charge on any atom is 0.410 e. The minimum absolute atomic E-state index is 0.141. The number of halogens is 1. The molecule has 18 heavy (non-hydrogen) atoms. The molecule has 1 amide bonds.